The smallest absolute Gasteiger partial charge is 0.238 e. The first-order chi connectivity index (χ1) is 10.4. The molecule has 122 valence electrons. The summed E-state index contributed by atoms with van der Waals surface area (Å²) in [5.74, 6) is 0.289. The summed E-state index contributed by atoms with van der Waals surface area (Å²) in [5, 5.41) is 2.87. The summed E-state index contributed by atoms with van der Waals surface area (Å²) < 4.78 is 23.4. The zero-order chi connectivity index (χ0) is 16.2. The van der Waals surface area contributed by atoms with Crippen LogP contribution in [0.4, 0.5) is 5.69 Å². The second-order valence-corrected chi connectivity index (χ2v) is 8.13. The van der Waals surface area contributed by atoms with Gasteiger partial charge in [0, 0.05) is 17.8 Å². The standard InChI is InChI=1S/C16H24N2O3S/c1-3-13(2)18(15-9-10-22(20,21)12-15)11-16(19)17-14-7-5-4-6-8-14/h4-8,13,15H,3,9-12H2,1-2H3,(H,17,19). The molecule has 0 saturated carbocycles. The highest BCUT2D eigenvalue weighted by Crippen LogP contribution is 2.21. The molecular weight excluding hydrogens is 300 g/mol. The van der Waals surface area contributed by atoms with Crippen LogP contribution in [0.25, 0.3) is 0 Å². The Hall–Kier alpha value is -1.40. The predicted octanol–water partition coefficient (Wildman–Crippen LogP) is 1.91. The lowest BCUT2D eigenvalue weighted by Gasteiger charge is -2.32. The summed E-state index contributed by atoms with van der Waals surface area (Å²) in [6.45, 7) is 4.32. The van der Waals surface area contributed by atoms with Crippen molar-refractivity contribution in [3.05, 3.63) is 30.3 Å². The molecule has 1 saturated heterocycles. The minimum Gasteiger partial charge on any atom is -0.325 e. The number of nitrogens with zero attached hydrogens (tertiary/aromatic N) is 1. The van der Waals surface area contributed by atoms with Crippen molar-refractivity contribution in [2.24, 2.45) is 0 Å². The van der Waals surface area contributed by atoms with Gasteiger partial charge < -0.3 is 5.32 Å². The van der Waals surface area contributed by atoms with E-state index in [9.17, 15) is 13.2 Å². The minimum atomic E-state index is -2.95. The van der Waals surface area contributed by atoms with Gasteiger partial charge in [-0.15, -0.1) is 0 Å². The molecular formula is C16H24N2O3S. The molecule has 1 aromatic rings. The largest absolute Gasteiger partial charge is 0.325 e. The molecule has 1 amide bonds. The number of anilines is 1. The zero-order valence-corrected chi connectivity index (χ0v) is 14.0. The van der Waals surface area contributed by atoms with Gasteiger partial charge in [-0.25, -0.2) is 8.42 Å². The number of benzene rings is 1. The Morgan fingerprint density at radius 2 is 2.05 bits per heavy atom. The highest BCUT2D eigenvalue weighted by atomic mass is 32.2. The Morgan fingerprint density at radius 1 is 1.36 bits per heavy atom. The Kier molecular flexibility index (Phi) is 5.58. The van der Waals surface area contributed by atoms with Gasteiger partial charge in [-0.3, -0.25) is 9.69 Å². The summed E-state index contributed by atoms with van der Waals surface area (Å²) in [4.78, 5) is 14.3. The summed E-state index contributed by atoms with van der Waals surface area (Å²) in [6, 6.07) is 9.43. The van der Waals surface area contributed by atoms with Crippen molar-refractivity contribution >= 4 is 21.4 Å². The number of amides is 1. The van der Waals surface area contributed by atoms with E-state index in [0.29, 0.717) is 6.42 Å². The van der Waals surface area contributed by atoms with Crippen molar-refractivity contribution in [2.45, 2.75) is 38.8 Å². The Bertz CT molecular complexity index is 601. The van der Waals surface area contributed by atoms with Crippen LogP contribution in [0.1, 0.15) is 26.7 Å². The molecule has 1 heterocycles. The summed E-state index contributed by atoms with van der Waals surface area (Å²) in [5.41, 5.74) is 0.760. The minimum absolute atomic E-state index is 0.0542. The fraction of sp³-hybridized carbons (Fsp3) is 0.562. The van der Waals surface area contributed by atoms with Crippen molar-refractivity contribution in [1.29, 1.82) is 0 Å². The van der Waals surface area contributed by atoms with Crippen LogP contribution in [0.15, 0.2) is 30.3 Å². The molecule has 2 rings (SSSR count). The molecule has 1 fully saturated rings. The molecule has 0 aromatic heterocycles. The van der Waals surface area contributed by atoms with Crippen LogP contribution in [-0.4, -0.2) is 49.4 Å². The van der Waals surface area contributed by atoms with Gasteiger partial charge in [0.15, 0.2) is 9.84 Å². The number of carbonyl (C=O) groups is 1. The monoisotopic (exact) mass is 324 g/mol. The topological polar surface area (TPSA) is 66.5 Å². The third-order valence-corrected chi connectivity index (χ3v) is 5.97. The Balaban J connectivity index is 2.02. The van der Waals surface area contributed by atoms with Gasteiger partial charge in [-0.1, -0.05) is 25.1 Å². The molecule has 22 heavy (non-hydrogen) atoms. The molecule has 0 radical (unpaired) electrons. The van der Waals surface area contributed by atoms with E-state index in [1.807, 2.05) is 42.2 Å². The molecule has 1 N–H and O–H groups in total. The van der Waals surface area contributed by atoms with Crippen LogP contribution in [-0.2, 0) is 14.6 Å². The molecule has 6 heteroatoms. The van der Waals surface area contributed by atoms with Gasteiger partial charge in [-0.05, 0) is 31.9 Å². The van der Waals surface area contributed by atoms with Crippen molar-refractivity contribution < 1.29 is 13.2 Å². The fourth-order valence-electron chi connectivity index (χ4n) is 2.80. The maximum atomic E-state index is 12.3. The normalized spacial score (nSPS) is 21.7. The van der Waals surface area contributed by atoms with E-state index in [0.717, 1.165) is 12.1 Å². The van der Waals surface area contributed by atoms with E-state index in [2.05, 4.69) is 12.2 Å². The maximum absolute atomic E-state index is 12.3. The first-order valence-corrected chi connectivity index (χ1v) is 9.54. The van der Waals surface area contributed by atoms with E-state index < -0.39 is 9.84 Å². The van der Waals surface area contributed by atoms with Gasteiger partial charge in [-0.2, -0.15) is 0 Å². The number of hydrogen-bond donors (Lipinski definition) is 1. The maximum Gasteiger partial charge on any atom is 0.238 e. The number of rotatable bonds is 6. The van der Waals surface area contributed by atoms with Gasteiger partial charge in [0.25, 0.3) is 0 Å². The molecule has 0 spiro atoms. The molecule has 0 bridgehead atoms. The van der Waals surface area contributed by atoms with Gasteiger partial charge >= 0.3 is 0 Å². The Labute approximate surface area is 132 Å². The zero-order valence-electron chi connectivity index (χ0n) is 13.2. The number of carbonyl (C=O) groups excluding carboxylic acids is 1. The summed E-state index contributed by atoms with van der Waals surface area (Å²) in [6.07, 6.45) is 1.50. The third-order valence-electron chi connectivity index (χ3n) is 4.22. The highest BCUT2D eigenvalue weighted by molar-refractivity contribution is 7.91. The van der Waals surface area contributed by atoms with Crippen LogP contribution in [0.2, 0.25) is 0 Å². The number of para-hydroxylation sites is 1. The summed E-state index contributed by atoms with van der Waals surface area (Å²) in [7, 11) is -2.95. The second-order valence-electron chi connectivity index (χ2n) is 5.90. The number of sulfone groups is 1. The van der Waals surface area contributed by atoms with Crippen LogP contribution in [0.3, 0.4) is 0 Å². The van der Waals surface area contributed by atoms with Crippen molar-refractivity contribution in [1.82, 2.24) is 4.90 Å². The van der Waals surface area contributed by atoms with Crippen LogP contribution >= 0.6 is 0 Å². The molecule has 1 aliphatic heterocycles. The van der Waals surface area contributed by atoms with E-state index in [-0.39, 0.29) is 36.0 Å². The lowest BCUT2D eigenvalue weighted by Crippen LogP contribution is -2.46. The quantitative estimate of drug-likeness (QED) is 0.868. The van der Waals surface area contributed by atoms with E-state index >= 15 is 0 Å². The first kappa shape index (κ1) is 17.0. The van der Waals surface area contributed by atoms with Crippen LogP contribution in [0.5, 0.6) is 0 Å². The molecule has 0 aliphatic carbocycles. The molecule has 1 aliphatic rings. The number of hydrogen-bond acceptors (Lipinski definition) is 4. The third kappa shape index (κ3) is 4.55. The predicted molar refractivity (Wildman–Crippen MR) is 88.6 cm³/mol. The highest BCUT2D eigenvalue weighted by Gasteiger charge is 2.34. The van der Waals surface area contributed by atoms with Crippen LogP contribution < -0.4 is 5.32 Å². The molecule has 2 atom stereocenters. The molecule has 2 unspecified atom stereocenters. The molecule has 1 aromatic carbocycles. The van der Waals surface area contributed by atoms with Gasteiger partial charge in [0.2, 0.25) is 5.91 Å². The Morgan fingerprint density at radius 3 is 2.59 bits per heavy atom. The lowest BCUT2D eigenvalue weighted by atomic mass is 10.1. The van der Waals surface area contributed by atoms with Crippen LogP contribution in [0, 0.1) is 0 Å². The first-order valence-electron chi connectivity index (χ1n) is 7.72. The van der Waals surface area contributed by atoms with E-state index in [1.54, 1.807) is 0 Å². The van der Waals surface area contributed by atoms with Crippen molar-refractivity contribution in [2.75, 3.05) is 23.4 Å². The lowest BCUT2D eigenvalue weighted by molar-refractivity contribution is -0.118. The average Bonchev–Trinajstić information content (AvgIpc) is 2.85. The van der Waals surface area contributed by atoms with E-state index in [1.165, 1.54) is 0 Å². The van der Waals surface area contributed by atoms with Gasteiger partial charge in [0.05, 0.1) is 18.1 Å². The molecule has 5 nitrogen and oxygen atoms in total. The second kappa shape index (κ2) is 7.24. The SMILES string of the molecule is CCC(C)N(CC(=O)Nc1ccccc1)C1CCS(=O)(=O)C1. The number of nitrogens with one attached hydrogen (secondary N) is 1. The fourth-order valence-corrected chi connectivity index (χ4v) is 4.55. The average molecular weight is 324 g/mol. The summed E-state index contributed by atoms with van der Waals surface area (Å²) >= 11 is 0. The van der Waals surface area contributed by atoms with Gasteiger partial charge in [0.1, 0.15) is 0 Å². The van der Waals surface area contributed by atoms with Crippen molar-refractivity contribution in [3.63, 3.8) is 0 Å². The van der Waals surface area contributed by atoms with Crippen molar-refractivity contribution in [3.8, 4) is 0 Å². The van der Waals surface area contributed by atoms with E-state index in [4.69, 9.17) is 0 Å².